The summed E-state index contributed by atoms with van der Waals surface area (Å²) in [5.41, 5.74) is 2.04. The lowest BCUT2D eigenvalue weighted by atomic mass is 10.0. The number of benzene rings is 2. The van der Waals surface area contributed by atoms with Crippen LogP contribution in [0.25, 0.3) is 0 Å². The van der Waals surface area contributed by atoms with Gasteiger partial charge in [-0.3, -0.25) is 13.9 Å². The molecule has 0 radical (unpaired) electrons. The Morgan fingerprint density at radius 2 is 1.74 bits per heavy atom. The molecule has 0 fully saturated rings. The van der Waals surface area contributed by atoms with Crippen LogP contribution in [0.4, 0.5) is 5.69 Å². The fourth-order valence-corrected chi connectivity index (χ4v) is 4.61. The van der Waals surface area contributed by atoms with Crippen LogP contribution in [-0.2, 0) is 26.2 Å². The Balaban J connectivity index is 2.45. The molecule has 0 spiro atoms. The molecule has 2 aromatic rings. The highest BCUT2D eigenvalue weighted by Crippen LogP contribution is 2.29. The van der Waals surface area contributed by atoms with Gasteiger partial charge in [0.25, 0.3) is 0 Å². The highest BCUT2D eigenvalue weighted by Gasteiger charge is 2.31. The molecule has 192 valence electrons. The van der Waals surface area contributed by atoms with Crippen LogP contribution in [0.15, 0.2) is 48.5 Å². The van der Waals surface area contributed by atoms with Gasteiger partial charge in [0.05, 0.1) is 19.1 Å². The first-order valence-corrected chi connectivity index (χ1v) is 13.6. The second kappa shape index (κ2) is 12.6. The number of nitrogens with zero attached hydrogens (tertiary/aromatic N) is 2. The van der Waals surface area contributed by atoms with Gasteiger partial charge in [-0.1, -0.05) is 51.1 Å². The van der Waals surface area contributed by atoms with E-state index in [1.54, 1.807) is 44.4 Å². The van der Waals surface area contributed by atoms with Crippen LogP contribution < -0.4 is 14.4 Å². The monoisotopic (exact) mass is 503 g/mol. The first-order valence-electron chi connectivity index (χ1n) is 11.8. The number of amides is 2. The highest BCUT2D eigenvalue weighted by molar-refractivity contribution is 7.92. The summed E-state index contributed by atoms with van der Waals surface area (Å²) < 4.78 is 32.0. The Labute approximate surface area is 209 Å². The molecule has 0 bridgehead atoms. The van der Waals surface area contributed by atoms with Crippen molar-refractivity contribution in [3.8, 4) is 5.75 Å². The zero-order valence-electron chi connectivity index (χ0n) is 21.4. The lowest BCUT2D eigenvalue weighted by Gasteiger charge is -2.32. The molecule has 0 aliphatic rings. The van der Waals surface area contributed by atoms with Gasteiger partial charge < -0.3 is 15.0 Å². The summed E-state index contributed by atoms with van der Waals surface area (Å²) in [5.74, 6) is -0.0914. The molecule has 1 N–H and O–H groups in total. The van der Waals surface area contributed by atoms with Crippen molar-refractivity contribution in [2.75, 3.05) is 30.8 Å². The van der Waals surface area contributed by atoms with Crippen LogP contribution in [-0.4, -0.2) is 57.6 Å². The van der Waals surface area contributed by atoms with E-state index in [1.165, 1.54) is 4.90 Å². The van der Waals surface area contributed by atoms with E-state index in [0.717, 1.165) is 28.1 Å². The maximum Gasteiger partial charge on any atom is 0.244 e. The molecule has 0 heterocycles. The molecule has 9 heteroatoms. The summed E-state index contributed by atoms with van der Waals surface area (Å²) in [4.78, 5) is 27.9. The molecule has 0 saturated carbocycles. The van der Waals surface area contributed by atoms with E-state index in [-0.39, 0.29) is 18.4 Å². The molecule has 8 nitrogen and oxygen atoms in total. The summed E-state index contributed by atoms with van der Waals surface area (Å²) in [6, 6.07) is 13.6. The number of carbonyl (C=O) groups is 2. The molecule has 35 heavy (non-hydrogen) atoms. The van der Waals surface area contributed by atoms with Gasteiger partial charge in [0.1, 0.15) is 18.3 Å². The summed E-state index contributed by atoms with van der Waals surface area (Å²) >= 11 is 0. The number of carbonyl (C=O) groups excluding carboxylic acids is 2. The van der Waals surface area contributed by atoms with Crippen molar-refractivity contribution in [1.82, 2.24) is 10.2 Å². The molecule has 1 atom stereocenters. The smallest absolute Gasteiger partial charge is 0.244 e. The van der Waals surface area contributed by atoms with Gasteiger partial charge in [-0.25, -0.2) is 8.42 Å². The van der Waals surface area contributed by atoms with Gasteiger partial charge in [0.2, 0.25) is 21.8 Å². The second-order valence-electron chi connectivity index (χ2n) is 8.82. The van der Waals surface area contributed by atoms with Gasteiger partial charge in [-0.2, -0.15) is 0 Å². The summed E-state index contributed by atoms with van der Waals surface area (Å²) in [7, 11) is -2.23. The number of nitrogens with one attached hydrogen (secondary N) is 1. The molecule has 0 aromatic heterocycles. The molecule has 0 aliphatic carbocycles. The summed E-state index contributed by atoms with van der Waals surface area (Å²) in [6.45, 7) is 7.72. The van der Waals surface area contributed by atoms with Gasteiger partial charge in [-0.15, -0.1) is 0 Å². The molecule has 2 rings (SSSR count). The lowest BCUT2D eigenvalue weighted by Crippen LogP contribution is -2.51. The van der Waals surface area contributed by atoms with Crippen molar-refractivity contribution in [2.45, 2.75) is 52.6 Å². The van der Waals surface area contributed by atoms with Crippen LogP contribution >= 0.6 is 0 Å². The second-order valence-corrected chi connectivity index (χ2v) is 10.7. The molecule has 2 amide bonds. The quantitative estimate of drug-likeness (QED) is 0.478. The largest absolute Gasteiger partial charge is 0.497 e. The number of para-hydroxylation sites is 1. The summed E-state index contributed by atoms with van der Waals surface area (Å²) in [6.07, 6.45) is 1.84. The Hall–Kier alpha value is -3.07. The minimum absolute atomic E-state index is 0.0529. The van der Waals surface area contributed by atoms with Gasteiger partial charge in [0, 0.05) is 13.1 Å². The van der Waals surface area contributed by atoms with Crippen LogP contribution in [0.3, 0.4) is 0 Å². The summed E-state index contributed by atoms with van der Waals surface area (Å²) in [5, 5.41) is 2.83. The molecular formula is C26H37N3O5S. The molecule has 0 saturated heterocycles. The van der Waals surface area contributed by atoms with Crippen LogP contribution in [0.1, 0.15) is 51.2 Å². The van der Waals surface area contributed by atoms with E-state index < -0.39 is 28.5 Å². The van der Waals surface area contributed by atoms with Gasteiger partial charge in [0.15, 0.2) is 0 Å². The predicted molar refractivity (Wildman–Crippen MR) is 139 cm³/mol. The maximum absolute atomic E-state index is 13.6. The zero-order chi connectivity index (χ0) is 26.2. The van der Waals surface area contributed by atoms with E-state index >= 15 is 0 Å². The van der Waals surface area contributed by atoms with Crippen molar-refractivity contribution in [1.29, 1.82) is 0 Å². The number of rotatable bonds is 12. The van der Waals surface area contributed by atoms with E-state index in [9.17, 15) is 18.0 Å². The first kappa shape index (κ1) is 28.2. The first-order chi connectivity index (χ1) is 16.5. The third kappa shape index (κ3) is 7.71. The number of hydrogen-bond acceptors (Lipinski definition) is 5. The fourth-order valence-electron chi connectivity index (χ4n) is 3.74. The average molecular weight is 504 g/mol. The Kier molecular flexibility index (Phi) is 10.1. The number of hydrogen-bond donors (Lipinski definition) is 1. The SMILES string of the molecule is CCCNC(=O)[C@H](C)N(Cc1cccc(OC)c1)C(=O)CN(c1ccccc1C(C)C)S(C)(=O)=O. The van der Waals surface area contributed by atoms with Gasteiger partial charge in [-0.05, 0) is 48.6 Å². The topological polar surface area (TPSA) is 96.0 Å². The minimum Gasteiger partial charge on any atom is -0.497 e. The molecule has 0 unspecified atom stereocenters. The fraction of sp³-hybridized carbons (Fsp3) is 0.462. The predicted octanol–water partition coefficient (Wildman–Crippen LogP) is 3.53. The van der Waals surface area contributed by atoms with Crippen LogP contribution in [0.2, 0.25) is 0 Å². The van der Waals surface area contributed by atoms with Gasteiger partial charge >= 0.3 is 0 Å². The Morgan fingerprint density at radius 3 is 2.34 bits per heavy atom. The number of ether oxygens (including phenoxy) is 1. The molecular weight excluding hydrogens is 466 g/mol. The van der Waals surface area contributed by atoms with E-state index in [2.05, 4.69) is 5.32 Å². The third-order valence-electron chi connectivity index (χ3n) is 5.71. The van der Waals surface area contributed by atoms with Crippen molar-refractivity contribution in [3.05, 3.63) is 59.7 Å². The zero-order valence-corrected chi connectivity index (χ0v) is 22.3. The van der Waals surface area contributed by atoms with Crippen molar-refractivity contribution in [3.63, 3.8) is 0 Å². The average Bonchev–Trinajstić information content (AvgIpc) is 2.83. The van der Waals surface area contributed by atoms with Crippen molar-refractivity contribution in [2.24, 2.45) is 0 Å². The minimum atomic E-state index is -3.78. The van der Waals surface area contributed by atoms with E-state index in [0.29, 0.717) is 18.0 Å². The van der Waals surface area contributed by atoms with E-state index in [1.807, 2.05) is 39.0 Å². The van der Waals surface area contributed by atoms with E-state index in [4.69, 9.17) is 4.74 Å². The number of methoxy groups -OCH3 is 1. The molecule has 2 aromatic carbocycles. The number of anilines is 1. The normalized spacial score (nSPS) is 12.2. The van der Waals surface area contributed by atoms with Crippen molar-refractivity contribution < 1.29 is 22.7 Å². The maximum atomic E-state index is 13.6. The van der Waals surface area contributed by atoms with Crippen molar-refractivity contribution >= 4 is 27.5 Å². The Morgan fingerprint density at radius 1 is 1.06 bits per heavy atom. The highest BCUT2D eigenvalue weighted by atomic mass is 32.2. The lowest BCUT2D eigenvalue weighted by molar-refractivity contribution is -0.139. The van der Waals surface area contributed by atoms with Crippen LogP contribution in [0.5, 0.6) is 5.75 Å². The Bertz CT molecular complexity index is 1120. The standard InChI is InChI=1S/C26H37N3O5S/c1-7-15-27-26(31)20(4)28(17-21-11-10-12-22(16-21)34-5)25(30)18-29(35(6,32)33)24-14-9-8-13-23(24)19(2)3/h8-14,16,19-20H,7,15,17-18H2,1-6H3,(H,27,31)/t20-/m0/s1. The third-order valence-corrected chi connectivity index (χ3v) is 6.84. The van der Waals surface area contributed by atoms with Crippen LogP contribution in [0, 0.1) is 0 Å². The molecule has 0 aliphatic heterocycles. The number of sulfonamides is 1.